The van der Waals surface area contributed by atoms with E-state index in [9.17, 15) is 0 Å². The highest BCUT2D eigenvalue weighted by Crippen LogP contribution is 2.42. The van der Waals surface area contributed by atoms with Gasteiger partial charge in [-0.2, -0.15) is 0 Å². The average Bonchev–Trinajstić information content (AvgIpc) is 3.08. The summed E-state index contributed by atoms with van der Waals surface area (Å²) in [6.45, 7) is 5.30. The van der Waals surface area contributed by atoms with E-state index in [1.165, 1.54) is 5.56 Å². The van der Waals surface area contributed by atoms with E-state index < -0.39 is 0 Å². The van der Waals surface area contributed by atoms with E-state index in [0.717, 1.165) is 41.4 Å². The molecule has 0 saturated carbocycles. The molecule has 1 heterocycles. The van der Waals surface area contributed by atoms with Crippen LogP contribution in [0.2, 0.25) is 0 Å². The van der Waals surface area contributed by atoms with Crippen molar-refractivity contribution >= 4 is 0 Å². The Bertz CT molecular complexity index is 679. The molecule has 1 aliphatic rings. The second-order valence-electron chi connectivity index (χ2n) is 5.94. The van der Waals surface area contributed by atoms with Gasteiger partial charge < -0.3 is 18.9 Å². The molecule has 128 valence electrons. The Balaban J connectivity index is 1.91. The van der Waals surface area contributed by atoms with Gasteiger partial charge in [0.2, 0.25) is 6.79 Å². The monoisotopic (exact) mass is 328 g/mol. The lowest BCUT2D eigenvalue weighted by molar-refractivity contribution is 0.173. The van der Waals surface area contributed by atoms with Gasteiger partial charge in [0.25, 0.3) is 0 Å². The van der Waals surface area contributed by atoms with Crippen LogP contribution >= 0.6 is 0 Å². The molecule has 0 aromatic heterocycles. The summed E-state index contributed by atoms with van der Waals surface area (Å²) in [5, 5.41) is 0. The van der Waals surface area contributed by atoms with Crippen molar-refractivity contribution in [3.63, 3.8) is 0 Å². The first-order valence-corrected chi connectivity index (χ1v) is 8.43. The molecule has 0 spiro atoms. The van der Waals surface area contributed by atoms with Gasteiger partial charge in [-0.1, -0.05) is 32.4 Å². The Labute approximate surface area is 143 Å². The largest absolute Gasteiger partial charge is 0.497 e. The summed E-state index contributed by atoms with van der Waals surface area (Å²) in [6, 6.07) is 12.1. The summed E-state index contributed by atoms with van der Waals surface area (Å²) in [4.78, 5) is 0. The zero-order chi connectivity index (χ0) is 16.9. The van der Waals surface area contributed by atoms with Crippen LogP contribution in [-0.2, 0) is 0 Å². The second-order valence-corrected chi connectivity index (χ2v) is 5.94. The maximum atomic E-state index is 6.03. The topological polar surface area (TPSA) is 36.9 Å². The Morgan fingerprint density at radius 3 is 2.46 bits per heavy atom. The maximum Gasteiger partial charge on any atom is 0.231 e. The molecule has 0 saturated heterocycles. The quantitative estimate of drug-likeness (QED) is 0.687. The van der Waals surface area contributed by atoms with Crippen molar-refractivity contribution in [1.82, 2.24) is 0 Å². The van der Waals surface area contributed by atoms with E-state index in [1.54, 1.807) is 7.11 Å². The molecule has 0 aliphatic carbocycles. The van der Waals surface area contributed by atoms with Crippen molar-refractivity contribution in [2.24, 2.45) is 0 Å². The second kappa shape index (κ2) is 7.47. The van der Waals surface area contributed by atoms with Crippen LogP contribution < -0.4 is 18.9 Å². The average molecular weight is 328 g/mol. The van der Waals surface area contributed by atoms with E-state index in [-0.39, 0.29) is 12.7 Å². The van der Waals surface area contributed by atoms with Gasteiger partial charge in [0, 0.05) is 17.5 Å². The summed E-state index contributed by atoms with van der Waals surface area (Å²) >= 11 is 0. The SMILES string of the molecule is CCCCOc1cc2c(cc1C(C)c1ccc(OC)cc1)OCO2. The van der Waals surface area contributed by atoms with Crippen LogP contribution in [0.25, 0.3) is 0 Å². The lowest BCUT2D eigenvalue weighted by Crippen LogP contribution is -2.04. The van der Waals surface area contributed by atoms with E-state index in [1.807, 2.05) is 24.3 Å². The fraction of sp³-hybridized carbons (Fsp3) is 0.400. The first-order valence-electron chi connectivity index (χ1n) is 8.43. The zero-order valence-electron chi connectivity index (χ0n) is 14.5. The highest BCUT2D eigenvalue weighted by Gasteiger charge is 2.22. The number of fused-ring (bicyclic) bond motifs is 1. The number of rotatable bonds is 7. The smallest absolute Gasteiger partial charge is 0.231 e. The van der Waals surface area contributed by atoms with E-state index in [0.29, 0.717) is 6.61 Å². The first-order chi connectivity index (χ1) is 11.7. The molecule has 1 aliphatic heterocycles. The summed E-state index contributed by atoms with van der Waals surface area (Å²) < 4.78 is 22.3. The van der Waals surface area contributed by atoms with Gasteiger partial charge in [-0.3, -0.25) is 0 Å². The van der Waals surface area contributed by atoms with Crippen molar-refractivity contribution in [2.75, 3.05) is 20.5 Å². The number of hydrogen-bond donors (Lipinski definition) is 0. The third-order valence-corrected chi connectivity index (χ3v) is 4.34. The molecule has 0 fully saturated rings. The van der Waals surface area contributed by atoms with E-state index in [2.05, 4.69) is 26.0 Å². The molecular weight excluding hydrogens is 304 g/mol. The predicted octanol–water partition coefficient (Wildman–Crippen LogP) is 4.75. The minimum absolute atomic E-state index is 0.182. The normalized spacial score (nSPS) is 13.6. The van der Waals surface area contributed by atoms with Crippen LogP contribution in [0.3, 0.4) is 0 Å². The van der Waals surface area contributed by atoms with Crippen molar-refractivity contribution in [2.45, 2.75) is 32.6 Å². The van der Waals surface area contributed by atoms with Crippen LogP contribution in [0.15, 0.2) is 36.4 Å². The first kappa shape index (κ1) is 16.5. The Morgan fingerprint density at radius 1 is 1.08 bits per heavy atom. The molecule has 24 heavy (non-hydrogen) atoms. The highest BCUT2D eigenvalue weighted by molar-refractivity contribution is 5.54. The van der Waals surface area contributed by atoms with Crippen molar-refractivity contribution in [1.29, 1.82) is 0 Å². The van der Waals surface area contributed by atoms with Crippen molar-refractivity contribution in [3.05, 3.63) is 47.5 Å². The van der Waals surface area contributed by atoms with Gasteiger partial charge in [-0.15, -0.1) is 0 Å². The molecule has 4 nitrogen and oxygen atoms in total. The van der Waals surface area contributed by atoms with Crippen LogP contribution in [0.1, 0.15) is 43.7 Å². The van der Waals surface area contributed by atoms with Crippen molar-refractivity contribution < 1.29 is 18.9 Å². The lowest BCUT2D eigenvalue weighted by Gasteiger charge is -2.18. The van der Waals surface area contributed by atoms with Crippen LogP contribution in [-0.4, -0.2) is 20.5 Å². The van der Waals surface area contributed by atoms with E-state index in [4.69, 9.17) is 18.9 Å². The zero-order valence-corrected chi connectivity index (χ0v) is 14.5. The molecule has 3 rings (SSSR count). The Kier molecular flexibility index (Phi) is 5.14. The molecule has 0 radical (unpaired) electrons. The number of benzene rings is 2. The fourth-order valence-electron chi connectivity index (χ4n) is 2.80. The standard InChI is InChI=1S/C20H24O4/c1-4-5-10-22-18-12-20-19(23-13-24-20)11-17(18)14(2)15-6-8-16(21-3)9-7-15/h6-9,11-12,14H,4-5,10,13H2,1-3H3. The lowest BCUT2D eigenvalue weighted by atomic mass is 9.92. The Hall–Kier alpha value is -2.36. The number of methoxy groups -OCH3 is 1. The predicted molar refractivity (Wildman–Crippen MR) is 93.5 cm³/mol. The van der Waals surface area contributed by atoms with Crippen LogP contribution in [0.4, 0.5) is 0 Å². The molecule has 0 bridgehead atoms. The third-order valence-electron chi connectivity index (χ3n) is 4.34. The maximum absolute atomic E-state index is 6.03. The summed E-state index contributed by atoms with van der Waals surface area (Å²) in [5.41, 5.74) is 2.32. The summed E-state index contributed by atoms with van der Waals surface area (Å²) in [5.74, 6) is 3.45. The molecule has 0 N–H and O–H groups in total. The van der Waals surface area contributed by atoms with Gasteiger partial charge in [-0.05, 0) is 30.2 Å². The molecule has 2 aromatic carbocycles. The minimum Gasteiger partial charge on any atom is -0.497 e. The van der Waals surface area contributed by atoms with Gasteiger partial charge in [0.05, 0.1) is 13.7 Å². The van der Waals surface area contributed by atoms with Crippen LogP contribution in [0.5, 0.6) is 23.0 Å². The molecular formula is C20H24O4. The molecule has 0 amide bonds. The van der Waals surface area contributed by atoms with Gasteiger partial charge in [0.1, 0.15) is 11.5 Å². The Morgan fingerprint density at radius 2 is 1.79 bits per heavy atom. The molecule has 1 atom stereocenters. The molecule has 2 aromatic rings. The molecule has 1 unspecified atom stereocenters. The number of hydrogen-bond acceptors (Lipinski definition) is 4. The van der Waals surface area contributed by atoms with Gasteiger partial charge >= 0.3 is 0 Å². The molecule has 4 heteroatoms. The van der Waals surface area contributed by atoms with E-state index >= 15 is 0 Å². The number of ether oxygens (including phenoxy) is 4. The highest BCUT2D eigenvalue weighted by atomic mass is 16.7. The summed E-state index contributed by atoms with van der Waals surface area (Å²) in [6.07, 6.45) is 2.14. The van der Waals surface area contributed by atoms with Gasteiger partial charge in [-0.25, -0.2) is 0 Å². The fourth-order valence-corrected chi connectivity index (χ4v) is 2.80. The van der Waals surface area contributed by atoms with Crippen molar-refractivity contribution in [3.8, 4) is 23.0 Å². The summed E-state index contributed by atoms with van der Waals surface area (Å²) in [7, 11) is 1.68. The van der Waals surface area contributed by atoms with Crippen LogP contribution in [0, 0.1) is 0 Å². The number of unbranched alkanes of at least 4 members (excludes halogenated alkanes) is 1. The van der Waals surface area contributed by atoms with Gasteiger partial charge in [0.15, 0.2) is 11.5 Å². The minimum atomic E-state index is 0.182. The third kappa shape index (κ3) is 3.42.